The fourth-order valence-corrected chi connectivity index (χ4v) is 5.63. The van der Waals surface area contributed by atoms with Gasteiger partial charge in [-0.15, -0.1) is 0 Å². The van der Waals surface area contributed by atoms with Crippen LogP contribution in [0.5, 0.6) is 0 Å². The zero-order chi connectivity index (χ0) is 27.0. The van der Waals surface area contributed by atoms with Gasteiger partial charge in [0.1, 0.15) is 12.6 Å². The van der Waals surface area contributed by atoms with Crippen molar-refractivity contribution < 1.29 is 18.0 Å². The van der Waals surface area contributed by atoms with E-state index in [1.807, 2.05) is 30.3 Å². The van der Waals surface area contributed by atoms with E-state index in [0.29, 0.717) is 29.2 Å². The first kappa shape index (κ1) is 28.2. The Bertz CT molecular complexity index is 1320. The molecule has 0 aliphatic heterocycles. The number of aryl methyl sites for hydroxylation is 1. The molecule has 9 heteroatoms. The second-order valence-corrected chi connectivity index (χ2v) is 10.9. The normalized spacial score (nSPS) is 12.0. The van der Waals surface area contributed by atoms with Gasteiger partial charge in [0.05, 0.1) is 10.6 Å². The van der Waals surface area contributed by atoms with E-state index < -0.39 is 28.5 Å². The summed E-state index contributed by atoms with van der Waals surface area (Å²) in [4.78, 5) is 28.0. The third-order valence-corrected chi connectivity index (χ3v) is 8.06. The Morgan fingerprint density at radius 1 is 0.973 bits per heavy atom. The van der Waals surface area contributed by atoms with Crippen molar-refractivity contribution in [2.75, 3.05) is 23.9 Å². The highest BCUT2D eigenvalue weighted by atomic mass is 35.5. The van der Waals surface area contributed by atoms with Crippen LogP contribution in [-0.2, 0) is 26.0 Å². The summed E-state index contributed by atoms with van der Waals surface area (Å²) in [6, 6.07) is 21.7. The van der Waals surface area contributed by atoms with Gasteiger partial charge in [0.25, 0.3) is 10.0 Å². The molecule has 0 radical (unpaired) electrons. The lowest BCUT2D eigenvalue weighted by Gasteiger charge is -2.32. The zero-order valence-electron chi connectivity index (χ0n) is 21.2. The third-order valence-electron chi connectivity index (χ3n) is 6.05. The van der Waals surface area contributed by atoms with E-state index in [2.05, 4.69) is 5.32 Å². The molecule has 3 aromatic rings. The average molecular weight is 542 g/mol. The Balaban J connectivity index is 2.00. The lowest BCUT2D eigenvalue weighted by molar-refractivity contribution is -0.138. The first-order valence-electron chi connectivity index (χ1n) is 12.1. The summed E-state index contributed by atoms with van der Waals surface area (Å²) < 4.78 is 28.6. The van der Waals surface area contributed by atoms with Crippen molar-refractivity contribution in [2.24, 2.45) is 0 Å². The number of anilines is 1. The van der Waals surface area contributed by atoms with Gasteiger partial charge in [-0.25, -0.2) is 8.42 Å². The number of sulfonamides is 1. The summed E-state index contributed by atoms with van der Waals surface area (Å²) in [5, 5.41) is 3.10. The number of carbonyl (C=O) groups is 2. The van der Waals surface area contributed by atoms with Crippen LogP contribution in [0.2, 0.25) is 5.02 Å². The molecule has 0 saturated carbocycles. The van der Waals surface area contributed by atoms with E-state index >= 15 is 0 Å². The van der Waals surface area contributed by atoms with E-state index in [9.17, 15) is 18.0 Å². The molecule has 1 atom stereocenters. The number of hydrogen-bond acceptors (Lipinski definition) is 4. The average Bonchev–Trinajstić information content (AvgIpc) is 2.90. The summed E-state index contributed by atoms with van der Waals surface area (Å²) in [6.07, 6.45) is 0.512. The standard InChI is InChI=1S/C28H32ClN3O4S/c1-4-30-28(34)22(3)31(18-17-23-11-7-5-8-12-23)27(33)20-32(26-19-24(29)16-15-21(26)2)37(35,36)25-13-9-6-10-14-25/h5-16,19,22H,4,17-18,20H2,1-3H3,(H,30,34)/t22-/m0/s1. The summed E-state index contributed by atoms with van der Waals surface area (Å²) in [5.41, 5.74) is 1.95. The summed E-state index contributed by atoms with van der Waals surface area (Å²) in [7, 11) is -4.12. The predicted molar refractivity (Wildman–Crippen MR) is 147 cm³/mol. The van der Waals surface area contributed by atoms with Crippen molar-refractivity contribution >= 4 is 39.1 Å². The topological polar surface area (TPSA) is 86.8 Å². The first-order valence-corrected chi connectivity index (χ1v) is 13.9. The van der Waals surface area contributed by atoms with Gasteiger partial charge < -0.3 is 10.2 Å². The molecule has 0 aromatic heterocycles. The molecule has 1 N–H and O–H groups in total. The smallest absolute Gasteiger partial charge is 0.264 e. The van der Waals surface area contributed by atoms with Crippen molar-refractivity contribution in [2.45, 2.75) is 38.1 Å². The Labute approximate surface area is 224 Å². The number of hydrogen-bond donors (Lipinski definition) is 1. The van der Waals surface area contributed by atoms with Crippen LogP contribution in [0, 0.1) is 6.92 Å². The molecule has 3 rings (SSSR count). The number of rotatable bonds is 11. The molecule has 0 unspecified atom stereocenters. The molecule has 0 aliphatic carbocycles. The van der Waals surface area contributed by atoms with Gasteiger partial charge in [-0.1, -0.05) is 66.2 Å². The summed E-state index contributed by atoms with van der Waals surface area (Å²) >= 11 is 6.23. The molecular weight excluding hydrogens is 510 g/mol. The van der Waals surface area contributed by atoms with Crippen LogP contribution in [-0.4, -0.2) is 50.8 Å². The van der Waals surface area contributed by atoms with Crippen molar-refractivity contribution in [1.82, 2.24) is 10.2 Å². The van der Waals surface area contributed by atoms with Gasteiger partial charge in [-0.3, -0.25) is 13.9 Å². The molecule has 7 nitrogen and oxygen atoms in total. The van der Waals surface area contributed by atoms with Crippen LogP contribution >= 0.6 is 11.6 Å². The van der Waals surface area contributed by atoms with Crippen molar-refractivity contribution in [3.8, 4) is 0 Å². The first-order chi connectivity index (χ1) is 17.6. The molecule has 196 valence electrons. The summed E-state index contributed by atoms with van der Waals surface area (Å²) in [5.74, 6) is -0.797. The SMILES string of the molecule is CCNC(=O)[C@H](C)N(CCc1ccccc1)C(=O)CN(c1cc(Cl)ccc1C)S(=O)(=O)c1ccccc1. The summed E-state index contributed by atoms with van der Waals surface area (Å²) in [6.45, 7) is 5.38. The number of halogens is 1. The highest BCUT2D eigenvalue weighted by Gasteiger charge is 2.32. The minimum absolute atomic E-state index is 0.0507. The van der Waals surface area contributed by atoms with Gasteiger partial charge >= 0.3 is 0 Å². The maximum Gasteiger partial charge on any atom is 0.264 e. The minimum Gasteiger partial charge on any atom is -0.355 e. The van der Waals surface area contributed by atoms with Gasteiger partial charge in [-0.05, 0) is 62.6 Å². The van der Waals surface area contributed by atoms with E-state index in [1.54, 1.807) is 51.1 Å². The predicted octanol–water partition coefficient (Wildman–Crippen LogP) is 4.44. The molecule has 0 spiro atoms. The quantitative estimate of drug-likeness (QED) is 0.389. The highest BCUT2D eigenvalue weighted by Crippen LogP contribution is 2.29. The second kappa shape index (κ2) is 12.7. The van der Waals surface area contributed by atoms with Crippen LogP contribution in [0.4, 0.5) is 5.69 Å². The fourth-order valence-electron chi connectivity index (χ4n) is 3.98. The maximum absolute atomic E-state index is 13.8. The van der Waals surface area contributed by atoms with Crippen molar-refractivity contribution in [3.63, 3.8) is 0 Å². The largest absolute Gasteiger partial charge is 0.355 e. The number of benzene rings is 3. The van der Waals surface area contributed by atoms with E-state index in [4.69, 9.17) is 11.6 Å². The molecule has 0 aliphatic rings. The zero-order valence-corrected chi connectivity index (χ0v) is 22.8. The van der Waals surface area contributed by atoms with Crippen molar-refractivity contribution in [1.29, 1.82) is 0 Å². The van der Waals surface area contributed by atoms with Crippen LogP contribution in [0.15, 0.2) is 83.8 Å². The number of nitrogens with one attached hydrogen (secondary N) is 1. The van der Waals surface area contributed by atoms with Crippen LogP contribution < -0.4 is 9.62 Å². The highest BCUT2D eigenvalue weighted by molar-refractivity contribution is 7.92. The molecule has 3 aromatic carbocycles. The Morgan fingerprint density at radius 3 is 2.22 bits per heavy atom. The van der Waals surface area contributed by atoms with E-state index in [-0.39, 0.29) is 17.3 Å². The van der Waals surface area contributed by atoms with Gasteiger partial charge in [-0.2, -0.15) is 0 Å². The van der Waals surface area contributed by atoms with Crippen LogP contribution in [0.3, 0.4) is 0 Å². The Kier molecular flexibility index (Phi) is 9.72. The molecule has 37 heavy (non-hydrogen) atoms. The Hall–Kier alpha value is -3.36. The molecule has 0 saturated heterocycles. The van der Waals surface area contributed by atoms with Crippen LogP contribution in [0.25, 0.3) is 0 Å². The number of nitrogens with zero attached hydrogens (tertiary/aromatic N) is 2. The number of likely N-dealkylation sites (N-methyl/N-ethyl adjacent to an activating group) is 1. The van der Waals surface area contributed by atoms with E-state index in [0.717, 1.165) is 9.87 Å². The van der Waals surface area contributed by atoms with E-state index in [1.165, 1.54) is 23.1 Å². The molecule has 0 bridgehead atoms. The lowest BCUT2D eigenvalue weighted by atomic mass is 10.1. The minimum atomic E-state index is -4.12. The van der Waals surface area contributed by atoms with Gasteiger partial charge in [0.2, 0.25) is 11.8 Å². The molecule has 0 heterocycles. The maximum atomic E-state index is 13.8. The van der Waals surface area contributed by atoms with Gasteiger partial charge in [0, 0.05) is 18.1 Å². The monoisotopic (exact) mass is 541 g/mol. The number of amides is 2. The second-order valence-electron chi connectivity index (χ2n) is 8.65. The number of carbonyl (C=O) groups excluding carboxylic acids is 2. The van der Waals surface area contributed by atoms with Gasteiger partial charge in [0.15, 0.2) is 0 Å². The molecule has 0 fully saturated rings. The third kappa shape index (κ3) is 7.11. The lowest BCUT2D eigenvalue weighted by Crippen LogP contribution is -2.52. The molecular formula is C28H32ClN3O4S. The Morgan fingerprint density at radius 2 is 1.59 bits per heavy atom. The fraction of sp³-hybridized carbons (Fsp3) is 0.286. The van der Waals surface area contributed by atoms with Crippen LogP contribution in [0.1, 0.15) is 25.0 Å². The van der Waals surface area contributed by atoms with Crippen molar-refractivity contribution in [3.05, 3.63) is 95.0 Å². The molecule has 2 amide bonds.